The van der Waals surface area contributed by atoms with Crippen molar-refractivity contribution in [2.24, 2.45) is 5.92 Å². The molecule has 0 spiro atoms. The van der Waals surface area contributed by atoms with E-state index in [1.54, 1.807) is 13.8 Å². The number of esters is 2. The normalized spacial score (nSPS) is 14.3. The molecule has 1 unspecified atom stereocenters. The van der Waals surface area contributed by atoms with Gasteiger partial charge in [0.25, 0.3) is 0 Å². The van der Waals surface area contributed by atoms with E-state index in [0.29, 0.717) is 13.0 Å². The van der Waals surface area contributed by atoms with Crippen molar-refractivity contribution in [1.82, 2.24) is 4.90 Å². The fraction of sp³-hybridized carbons (Fsp3) is 0.846. The Hall–Kier alpha value is -1.14. The highest BCUT2D eigenvalue weighted by Crippen LogP contribution is 2.06. The third kappa shape index (κ3) is 9.44. The summed E-state index contributed by atoms with van der Waals surface area (Å²) in [6.45, 7) is 5.56. The smallest absolute Gasteiger partial charge is 0.311 e. The van der Waals surface area contributed by atoms with Crippen molar-refractivity contribution in [3.05, 3.63) is 0 Å². The Morgan fingerprint density at radius 2 is 1.74 bits per heavy atom. The van der Waals surface area contributed by atoms with Crippen LogP contribution in [0.2, 0.25) is 0 Å². The van der Waals surface area contributed by atoms with E-state index in [0.717, 1.165) is 0 Å². The maximum atomic E-state index is 11.5. The van der Waals surface area contributed by atoms with Gasteiger partial charge in [-0.25, -0.2) is 0 Å². The van der Waals surface area contributed by atoms with Gasteiger partial charge in [-0.2, -0.15) is 0 Å². The molecule has 0 saturated carbocycles. The van der Waals surface area contributed by atoms with Crippen molar-refractivity contribution in [1.29, 1.82) is 0 Å². The van der Waals surface area contributed by atoms with Crippen LogP contribution in [0.15, 0.2) is 0 Å². The summed E-state index contributed by atoms with van der Waals surface area (Å²) in [4.78, 5) is 24.7. The van der Waals surface area contributed by atoms with Gasteiger partial charge < -0.3 is 19.5 Å². The van der Waals surface area contributed by atoms with E-state index in [-0.39, 0.29) is 12.3 Å². The maximum absolute atomic E-state index is 11.5. The van der Waals surface area contributed by atoms with Gasteiger partial charge in [0.05, 0.1) is 18.4 Å². The van der Waals surface area contributed by atoms with Crippen molar-refractivity contribution in [3.63, 3.8) is 0 Å². The van der Waals surface area contributed by atoms with Crippen LogP contribution in [0, 0.1) is 5.92 Å². The Balaban J connectivity index is 3.93. The molecular weight excluding hydrogens is 250 g/mol. The van der Waals surface area contributed by atoms with E-state index >= 15 is 0 Å². The van der Waals surface area contributed by atoms with Gasteiger partial charge in [0.15, 0.2) is 0 Å². The number of hydrogen-bond acceptors (Lipinski definition) is 6. The van der Waals surface area contributed by atoms with Crippen LogP contribution in [0.25, 0.3) is 0 Å². The third-order valence-corrected chi connectivity index (χ3v) is 2.36. The molecule has 0 aliphatic rings. The van der Waals surface area contributed by atoms with Crippen molar-refractivity contribution in [2.75, 3.05) is 20.6 Å². The Kier molecular flexibility index (Phi) is 8.34. The van der Waals surface area contributed by atoms with E-state index < -0.39 is 24.3 Å². The molecule has 1 N–H and O–H groups in total. The summed E-state index contributed by atoms with van der Waals surface area (Å²) in [5, 5.41) is 9.62. The van der Waals surface area contributed by atoms with E-state index in [1.165, 1.54) is 6.92 Å². The molecule has 2 atom stereocenters. The summed E-state index contributed by atoms with van der Waals surface area (Å²) in [6, 6.07) is 0. The van der Waals surface area contributed by atoms with E-state index in [4.69, 9.17) is 9.47 Å². The first kappa shape index (κ1) is 17.9. The Morgan fingerprint density at radius 1 is 1.16 bits per heavy atom. The minimum absolute atomic E-state index is 0.0998. The number of ether oxygens (including phenoxy) is 2. The van der Waals surface area contributed by atoms with Crippen LogP contribution in [0.5, 0.6) is 0 Å². The zero-order valence-electron chi connectivity index (χ0n) is 12.4. The van der Waals surface area contributed by atoms with Gasteiger partial charge in [0.2, 0.25) is 6.29 Å². The van der Waals surface area contributed by atoms with Gasteiger partial charge in [-0.15, -0.1) is 0 Å². The van der Waals surface area contributed by atoms with Crippen LogP contribution >= 0.6 is 0 Å². The molecule has 0 saturated heterocycles. The van der Waals surface area contributed by atoms with Crippen molar-refractivity contribution >= 4 is 11.9 Å². The standard InChI is InChI=1S/C13H25NO5/c1-9(2)13(17)19-10(3)18-12(16)8-11(15)6-7-14(4)5/h9-11,15H,6-8H2,1-5H3/t10?,11-/m0/s1. The topological polar surface area (TPSA) is 76.1 Å². The molecule has 0 aromatic heterocycles. The highest BCUT2D eigenvalue weighted by Gasteiger charge is 2.18. The lowest BCUT2D eigenvalue weighted by atomic mass is 10.2. The SMILES string of the molecule is CC(OC(=O)C[C@@H](O)CCN(C)C)OC(=O)C(C)C. The molecule has 112 valence electrons. The number of aliphatic hydroxyl groups excluding tert-OH is 1. The molecule has 0 aliphatic carbocycles. The second kappa shape index (κ2) is 8.87. The molecule has 6 heteroatoms. The first-order valence-electron chi connectivity index (χ1n) is 6.45. The van der Waals surface area contributed by atoms with Crippen LogP contribution in [0.4, 0.5) is 0 Å². The van der Waals surface area contributed by atoms with Gasteiger partial charge in [-0.05, 0) is 27.1 Å². The third-order valence-electron chi connectivity index (χ3n) is 2.36. The highest BCUT2D eigenvalue weighted by atomic mass is 16.7. The van der Waals surface area contributed by atoms with Crippen molar-refractivity contribution in [2.45, 2.75) is 46.0 Å². The zero-order valence-corrected chi connectivity index (χ0v) is 12.4. The Morgan fingerprint density at radius 3 is 2.21 bits per heavy atom. The molecule has 0 fully saturated rings. The van der Waals surface area contributed by atoms with E-state index in [2.05, 4.69) is 0 Å². The van der Waals surface area contributed by atoms with Gasteiger partial charge in [0, 0.05) is 6.92 Å². The van der Waals surface area contributed by atoms with Crippen LogP contribution in [0.1, 0.15) is 33.6 Å². The second-order valence-corrected chi connectivity index (χ2v) is 5.10. The van der Waals surface area contributed by atoms with Gasteiger partial charge in [0.1, 0.15) is 0 Å². The lowest BCUT2D eigenvalue weighted by Crippen LogP contribution is -2.27. The van der Waals surface area contributed by atoms with Gasteiger partial charge in [-0.1, -0.05) is 13.8 Å². The molecule has 6 nitrogen and oxygen atoms in total. The number of hydrogen-bond donors (Lipinski definition) is 1. The molecule has 19 heavy (non-hydrogen) atoms. The number of carbonyl (C=O) groups excluding carboxylic acids is 2. The maximum Gasteiger partial charge on any atom is 0.311 e. The summed E-state index contributed by atoms with van der Waals surface area (Å²) in [6.07, 6.45) is -1.29. The van der Waals surface area contributed by atoms with Crippen LogP contribution in [-0.4, -0.2) is 55.0 Å². The molecule has 0 heterocycles. The zero-order chi connectivity index (χ0) is 15.0. The molecular formula is C13H25NO5. The van der Waals surface area contributed by atoms with E-state index in [9.17, 15) is 14.7 Å². The first-order chi connectivity index (χ1) is 8.72. The molecule has 0 rings (SSSR count). The van der Waals surface area contributed by atoms with Crippen LogP contribution in [0.3, 0.4) is 0 Å². The van der Waals surface area contributed by atoms with E-state index in [1.807, 2.05) is 19.0 Å². The first-order valence-corrected chi connectivity index (χ1v) is 6.45. The summed E-state index contributed by atoms with van der Waals surface area (Å²) in [5.41, 5.74) is 0. The average molecular weight is 275 g/mol. The minimum Gasteiger partial charge on any atom is -0.425 e. The summed E-state index contributed by atoms with van der Waals surface area (Å²) < 4.78 is 9.78. The van der Waals surface area contributed by atoms with Crippen LogP contribution < -0.4 is 0 Å². The Labute approximate surface area is 114 Å². The fourth-order valence-electron chi connectivity index (χ4n) is 1.26. The molecule has 0 bridgehead atoms. The lowest BCUT2D eigenvalue weighted by molar-refractivity contribution is -0.187. The summed E-state index contributed by atoms with van der Waals surface area (Å²) in [7, 11) is 3.77. The van der Waals surface area contributed by atoms with Gasteiger partial charge >= 0.3 is 11.9 Å². The number of rotatable bonds is 8. The minimum atomic E-state index is -0.927. The molecule has 0 aromatic carbocycles. The van der Waals surface area contributed by atoms with Crippen LogP contribution in [-0.2, 0) is 19.1 Å². The number of aliphatic hydroxyl groups is 1. The molecule has 0 radical (unpaired) electrons. The molecule has 0 aliphatic heterocycles. The fourth-order valence-corrected chi connectivity index (χ4v) is 1.26. The predicted molar refractivity (Wildman–Crippen MR) is 70.3 cm³/mol. The Bertz CT molecular complexity index is 291. The van der Waals surface area contributed by atoms with Crippen molar-refractivity contribution < 1.29 is 24.2 Å². The molecule has 0 aromatic rings. The quantitative estimate of drug-likeness (QED) is 0.521. The number of nitrogens with zero attached hydrogens (tertiary/aromatic N) is 1. The number of carbonyl (C=O) groups is 2. The second-order valence-electron chi connectivity index (χ2n) is 5.10. The van der Waals surface area contributed by atoms with Crippen molar-refractivity contribution in [3.8, 4) is 0 Å². The average Bonchev–Trinajstić information content (AvgIpc) is 2.25. The largest absolute Gasteiger partial charge is 0.425 e. The monoisotopic (exact) mass is 275 g/mol. The highest BCUT2D eigenvalue weighted by molar-refractivity contribution is 5.72. The summed E-state index contributed by atoms with van der Waals surface area (Å²) in [5.74, 6) is -1.27. The summed E-state index contributed by atoms with van der Waals surface area (Å²) >= 11 is 0. The molecule has 0 amide bonds. The predicted octanol–water partition coefficient (Wildman–Crippen LogP) is 0.777. The lowest BCUT2D eigenvalue weighted by Gasteiger charge is -2.17. The van der Waals surface area contributed by atoms with Gasteiger partial charge in [-0.3, -0.25) is 9.59 Å².